The molecule has 12 heteroatoms. The van der Waals surface area contributed by atoms with Gasteiger partial charge in [-0.2, -0.15) is 0 Å². The lowest BCUT2D eigenvalue weighted by Crippen LogP contribution is -2.43. The van der Waals surface area contributed by atoms with Crippen molar-refractivity contribution in [1.29, 1.82) is 0 Å². The Labute approximate surface area is 368 Å². The second kappa shape index (κ2) is 18.2. The monoisotopic (exact) mass is 848 g/mol. The van der Waals surface area contributed by atoms with Crippen molar-refractivity contribution in [3.8, 4) is 0 Å². The molecule has 0 unspecified atom stereocenters. The molecule has 2 heterocycles. The summed E-state index contributed by atoms with van der Waals surface area (Å²) in [4.78, 5) is 86.2. The molecule has 2 saturated heterocycles. The third-order valence-corrected chi connectivity index (χ3v) is 13.8. The number of unbranched alkanes of at least 4 members (excludes halogenated alkanes) is 1. The zero-order valence-corrected chi connectivity index (χ0v) is 35.7. The minimum Gasteiger partial charge on any atom is -0.356 e. The Morgan fingerprint density at radius 2 is 0.778 bits per heavy atom. The Hall–Kier alpha value is -6.30. The summed E-state index contributed by atoms with van der Waals surface area (Å²) in [6, 6.07) is 36.4. The number of nitrogens with zero attached hydrogens (tertiary/aromatic N) is 2. The van der Waals surface area contributed by atoms with E-state index in [1.54, 1.807) is 34.1 Å². The first-order chi connectivity index (χ1) is 30.7. The average molecular weight is 849 g/mol. The molecule has 6 amide bonds. The van der Waals surface area contributed by atoms with Crippen molar-refractivity contribution in [2.45, 2.75) is 74.9 Å². The normalized spacial score (nSPS) is 27.8. The molecule has 4 aromatic carbocycles. The molecule has 4 aromatic rings. The van der Waals surface area contributed by atoms with Gasteiger partial charge in [-0.1, -0.05) is 104 Å². The summed E-state index contributed by atoms with van der Waals surface area (Å²) in [5, 5.41) is 12.5. The van der Waals surface area contributed by atoms with Gasteiger partial charge in [0.2, 0.25) is 23.6 Å². The molecule has 3 aliphatic carbocycles. The molecule has 10 atom stereocenters. The van der Waals surface area contributed by atoms with Gasteiger partial charge in [0.1, 0.15) is 0 Å². The van der Waals surface area contributed by atoms with Crippen LogP contribution in [0.3, 0.4) is 0 Å². The van der Waals surface area contributed by atoms with E-state index in [1.807, 2.05) is 61.5 Å². The summed E-state index contributed by atoms with van der Waals surface area (Å²) in [6.45, 7) is 2.92. The maximum atomic E-state index is 14.1. The Morgan fingerprint density at radius 1 is 0.460 bits per heavy atom. The van der Waals surface area contributed by atoms with E-state index in [-0.39, 0.29) is 97.5 Å². The topological polar surface area (TPSA) is 157 Å². The lowest BCUT2D eigenvalue weighted by atomic mass is 9.94. The van der Waals surface area contributed by atoms with E-state index in [0.717, 1.165) is 43.2 Å². The van der Waals surface area contributed by atoms with Gasteiger partial charge in [0.15, 0.2) is 0 Å². The fourth-order valence-electron chi connectivity index (χ4n) is 9.78. The SMILES string of the molecule is CCCCNC(=O)[C@@H]1CN(C(=O)c2ccc(C(=O)N3C[C@@H](C(=O)N[C@H]4C[C@@H]4c4ccccc4)[C@H](C(=O)N[C@H]4C[C@@H]4c4ccccc4)C3)cc2)C[C@H]1C(=O)N[C@H]1C[C@@H]1c1ccccc1. The van der Waals surface area contributed by atoms with Crippen LogP contribution < -0.4 is 21.3 Å². The Morgan fingerprint density at radius 3 is 1.10 bits per heavy atom. The van der Waals surface area contributed by atoms with Crippen molar-refractivity contribution >= 4 is 35.4 Å². The van der Waals surface area contributed by atoms with E-state index in [2.05, 4.69) is 57.7 Å². The molecule has 3 saturated carbocycles. The van der Waals surface area contributed by atoms with Gasteiger partial charge in [-0.25, -0.2) is 0 Å². The molecule has 326 valence electrons. The highest BCUT2D eigenvalue weighted by atomic mass is 16.2. The predicted octanol–water partition coefficient (Wildman–Crippen LogP) is 5.00. The van der Waals surface area contributed by atoms with Crippen LogP contribution in [0.25, 0.3) is 0 Å². The number of hydrogen-bond acceptors (Lipinski definition) is 6. The van der Waals surface area contributed by atoms with Crippen molar-refractivity contribution < 1.29 is 28.8 Å². The molecule has 0 bridgehead atoms. The number of carbonyl (C=O) groups excluding carboxylic acids is 6. The average Bonchev–Trinajstić information content (AvgIpc) is 4.28. The van der Waals surface area contributed by atoms with E-state index >= 15 is 0 Å². The fraction of sp³-hybridized carbons (Fsp3) is 0.412. The lowest BCUT2D eigenvalue weighted by Gasteiger charge is -2.18. The van der Waals surface area contributed by atoms with Gasteiger partial charge < -0.3 is 31.1 Å². The Kier molecular flexibility index (Phi) is 12.1. The number of rotatable bonds is 15. The highest BCUT2D eigenvalue weighted by Gasteiger charge is 2.50. The first-order valence-electron chi connectivity index (χ1n) is 22.7. The summed E-state index contributed by atoms with van der Waals surface area (Å²) in [5.74, 6) is -3.77. The van der Waals surface area contributed by atoms with Crippen LogP contribution in [0.2, 0.25) is 0 Å². The van der Waals surface area contributed by atoms with Crippen molar-refractivity contribution in [1.82, 2.24) is 31.1 Å². The number of carbonyl (C=O) groups is 6. The smallest absolute Gasteiger partial charge is 0.253 e. The van der Waals surface area contributed by atoms with Gasteiger partial charge in [-0.3, -0.25) is 28.8 Å². The molecule has 0 aromatic heterocycles. The fourth-order valence-corrected chi connectivity index (χ4v) is 9.78. The molecular formula is C51H56N6O6. The number of nitrogens with one attached hydrogen (secondary N) is 4. The zero-order valence-electron chi connectivity index (χ0n) is 35.7. The molecule has 63 heavy (non-hydrogen) atoms. The third-order valence-electron chi connectivity index (χ3n) is 13.8. The largest absolute Gasteiger partial charge is 0.356 e. The highest BCUT2D eigenvalue weighted by molar-refractivity contribution is 6.00. The van der Waals surface area contributed by atoms with Crippen LogP contribution in [0.1, 0.15) is 94.2 Å². The second-order valence-corrected chi connectivity index (χ2v) is 18.2. The van der Waals surface area contributed by atoms with Crippen molar-refractivity contribution in [3.63, 3.8) is 0 Å². The maximum Gasteiger partial charge on any atom is 0.253 e. The van der Waals surface area contributed by atoms with Crippen LogP contribution >= 0.6 is 0 Å². The van der Waals surface area contributed by atoms with Crippen LogP contribution in [0, 0.1) is 23.7 Å². The predicted molar refractivity (Wildman–Crippen MR) is 237 cm³/mol. The van der Waals surface area contributed by atoms with E-state index in [4.69, 9.17) is 0 Å². The molecule has 5 fully saturated rings. The zero-order chi connectivity index (χ0) is 43.6. The van der Waals surface area contributed by atoms with Gasteiger partial charge in [0.25, 0.3) is 11.8 Å². The first kappa shape index (κ1) is 42.0. The lowest BCUT2D eigenvalue weighted by molar-refractivity contribution is -0.133. The molecule has 0 radical (unpaired) electrons. The summed E-state index contributed by atoms with van der Waals surface area (Å²) < 4.78 is 0. The standard InChI is InChI=1S/C51H56N6O6/c1-2-3-23-52-46(58)39-27-56(28-40(39)47(59)53-43-24-36(43)31-13-7-4-8-14-31)50(62)34-19-21-35(22-20-34)51(63)57-29-41(48(60)54-44-25-37(44)32-15-9-5-10-16-32)42(30-57)49(61)55-45-26-38(45)33-17-11-6-12-18-33/h4-22,36-45H,2-3,23-30H2,1H3,(H,52,58)(H,53,59)(H,54,60)(H,55,61)/t36-,37-,38-,39-,40-,41-,42-,43+,44+,45+/m1/s1. The number of amides is 6. The van der Waals surface area contributed by atoms with Gasteiger partial charge >= 0.3 is 0 Å². The summed E-state index contributed by atoms with van der Waals surface area (Å²) in [6.07, 6.45) is 4.20. The molecule has 2 aliphatic heterocycles. The van der Waals surface area contributed by atoms with Crippen molar-refractivity contribution in [2.75, 3.05) is 32.7 Å². The molecule has 0 spiro atoms. The minimum atomic E-state index is -0.725. The third kappa shape index (κ3) is 9.40. The van der Waals surface area contributed by atoms with Gasteiger partial charge in [-0.05, 0) is 66.6 Å². The molecule has 12 nitrogen and oxygen atoms in total. The first-order valence-corrected chi connectivity index (χ1v) is 22.7. The molecular weight excluding hydrogens is 793 g/mol. The Balaban J connectivity index is 0.853. The van der Waals surface area contributed by atoms with E-state index in [1.165, 1.54) is 5.56 Å². The summed E-state index contributed by atoms with van der Waals surface area (Å²) in [5.41, 5.74) is 4.15. The molecule has 4 N–H and O–H groups in total. The van der Waals surface area contributed by atoms with Gasteiger partial charge in [0, 0.05) is 79.7 Å². The van der Waals surface area contributed by atoms with Crippen molar-refractivity contribution in [3.05, 3.63) is 143 Å². The highest BCUT2D eigenvalue weighted by Crippen LogP contribution is 2.43. The van der Waals surface area contributed by atoms with Crippen LogP contribution in [-0.4, -0.2) is 96.1 Å². The minimum absolute atomic E-state index is 0.0149. The van der Waals surface area contributed by atoms with Crippen LogP contribution in [-0.2, 0) is 19.2 Å². The van der Waals surface area contributed by atoms with Crippen molar-refractivity contribution in [2.24, 2.45) is 23.7 Å². The quantitative estimate of drug-likeness (QED) is 0.124. The maximum absolute atomic E-state index is 14.1. The second-order valence-electron chi connectivity index (χ2n) is 18.2. The van der Waals surface area contributed by atoms with Crippen LogP contribution in [0.4, 0.5) is 0 Å². The van der Waals surface area contributed by atoms with E-state index < -0.39 is 23.7 Å². The summed E-state index contributed by atoms with van der Waals surface area (Å²) in [7, 11) is 0. The number of likely N-dealkylation sites (tertiary alicyclic amines) is 2. The van der Waals surface area contributed by atoms with E-state index in [0.29, 0.717) is 17.7 Å². The number of hydrogen-bond donors (Lipinski definition) is 4. The molecule has 5 aliphatic rings. The summed E-state index contributed by atoms with van der Waals surface area (Å²) >= 11 is 0. The van der Waals surface area contributed by atoms with Crippen LogP contribution in [0.5, 0.6) is 0 Å². The molecule has 9 rings (SSSR count). The van der Waals surface area contributed by atoms with Gasteiger partial charge in [0.05, 0.1) is 23.7 Å². The van der Waals surface area contributed by atoms with Gasteiger partial charge in [-0.15, -0.1) is 0 Å². The Bertz CT molecular complexity index is 2250. The van der Waals surface area contributed by atoms with E-state index in [9.17, 15) is 28.8 Å². The number of benzene rings is 4. The van der Waals surface area contributed by atoms with Crippen LogP contribution in [0.15, 0.2) is 115 Å².